The normalized spacial score (nSPS) is 17.9. The van der Waals surface area contributed by atoms with E-state index >= 15 is 0 Å². The van der Waals surface area contributed by atoms with Gasteiger partial charge in [0.1, 0.15) is 0 Å². The summed E-state index contributed by atoms with van der Waals surface area (Å²) in [6.45, 7) is 2.26. The van der Waals surface area contributed by atoms with Crippen molar-refractivity contribution in [2.75, 3.05) is 19.8 Å². The van der Waals surface area contributed by atoms with Gasteiger partial charge in [-0.15, -0.1) is 0 Å². The van der Waals surface area contributed by atoms with Crippen molar-refractivity contribution in [3.05, 3.63) is 12.2 Å². The van der Waals surface area contributed by atoms with Crippen LogP contribution in [0.1, 0.15) is 19.3 Å². The fourth-order valence-electron chi connectivity index (χ4n) is 0.972. The standard InChI is InChI=1S/C9H17NO/c10-6-1-2-7-11-8-5-9-3-4-9/h1-2,9H,3-8,10H2/b2-1+. The molecule has 64 valence electrons. The molecule has 0 spiro atoms. The molecule has 0 bridgehead atoms. The van der Waals surface area contributed by atoms with E-state index in [4.69, 9.17) is 10.5 Å². The summed E-state index contributed by atoms with van der Waals surface area (Å²) in [5.74, 6) is 0.980. The molecular formula is C9H17NO. The summed E-state index contributed by atoms with van der Waals surface area (Å²) >= 11 is 0. The third-order valence-corrected chi connectivity index (χ3v) is 1.88. The van der Waals surface area contributed by atoms with Gasteiger partial charge in [-0.3, -0.25) is 0 Å². The van der Waals surface area contributed by atoms with Crippen LogP contribution in [0, 0.1) is 5.92 Å². The zero-order chi connectivity index (χ0) is 7.94. The van der Waals surface area contributed by atoms with Crippen molar-refractivity contribution in [3.8, 4) is 0 Å². The topological polar surface area (TPSA) is 35.2 Å². The molecular weight excluding hydrogens is 138 g/mol. The summed E-state index contributed by atoms with van der Waals surface area (Å²) in [4.78, 5) is 0. The van der Waals surface area contributed by atoms with Gasteiger partial charge in [0, 0.05) is 13.2 Å². The van der Waals surface area contributed by atoms with Crippen molar-refractivity contribution in [2.45, 2.75) is 19.3 Å². The maximum Gasteiger partial charge on any atom is 0.0647 e. The Morgan fingerprint density at radius 1 is 1.36 bits per heavy atom. The van der Waals surface area contributed by atoms with Crippen LogP contribution in [0.5, 0.6) is 0 Å². The summed E-state index contributed by atoms with van der Waals surface area (Å²) < 4.78 is 5.34. The molecule has 0 aliphatic heterocycles. The monoisotopic (exact) mass is 155 g/mol. The van der Waals surface area contributed by atoms with E-state index in [1.54, 1.807) is 0 Å². The molecule has 0 heterocycles. The molecule has 0 aromatic heterocycles. The molecule has 1 rings (SSSR count). The van der Waals surface area contributed by atoms with Gasteiger partial charge in [-0.2, -0.15) is 0 Å². The first-order valence-corrected chi connectivity index (χ1v) is 4.36. The molecule has 1 aliphatic rings. The fraction of sp³-hybridized carbons (Fsp3) is 0.778. The van der Waals surface area contributed by atoms with Crippen molar-refractivity contribution in [1.82, 2.24) is 0 Å². The molecule has 2 heteroatoms. The van der Waals surface area contributed by atoms with Gasteiger partial charge >= 0.3 is 0 Å². The molecule has 11 heavy (non-hydrogen) atoms. The Morgan fingerprint density at radius 2 is 2.18 bits per heavy atom. The summed E-state index contributed by atoms with van der Waals surface area (Å²) in [7, 11) is 0. The second-order valence-electron chi connectivity index (χ2n) is 3.01. The van der Waals surface area contributed by atoms with Gasteiger partial charge in [0.15, 0.2) is 0 Å². The summed E-state index contributed by atoms with van der Waals surface area (Å²) in [6.07, 6.45) is 7.99. The molecule has 0 saturated heterocycles. The van der Waals surface area contributed by atoms with Gasteiger partial charge in [0.25, 0.3) is 0 Å². The largest absolute Gasteiger partial charge is 0.377 e. The molecule has 0 atom stereocenters. The van der Waals surface area contributed by atoms with Crippen molar-refractivity contribution in [3.63, 3.8) is 0 Å². The zero-order valence-corrected chi connectivity index (χ0v) is 6.96. The van der Waals surface area contributed by atoms with Crippen LogP contribution < -0.4 is 5.73 Å². The van der Waals surface area contributed by atoms with E-state index in [2.05, 4.69) is 0 Å². The van der Waals surface area contributed by atoms with Crippen LogP contribution in [0.4, 0.5) is 0 Å². The van der Waals surface area contributed by atoms with Crippen molar-refractivity contribution in [1.29, 1.82) is 0 Å². The minimum absolute atomic E-state index is 0.617. The van der Waals surface area contributed by atoms with Crippen molar-refractivity contribution < 1.29 is 4.74 Å². The van der Waals surface area contributed by atoms with Crippen LogP contribution in [0.15, 0.2) is 12.2 Å². The molecule has 0 unspecified atom stereocenters. The van der Waals surface area contributed by atoms with E-state index in [0.717, 1.165) is 19.1 Å². The van der Waals surface area contributed by atoms with E-state index in [9.17, 15) is 0 Å². The second-order valence-corrected chi connectivity index (χ2v) is 3.01. The number of rotatable bonds is 6. The number of nitrogens with two attached hydrogens (primary N) is 1. The lowest BCUT2D eigenvalue weighted by Gasteiger charge is -1.97. The van der Waals surface area contributed by atoms with Crippen LogP contribution in [0.3, 0.4) is 0 Å². The van der Waals surface area contributed by atoms with Gasteiger partial charge in [0.05, 0.1) is 6.61 Å². The lowest BCUT2D eigenvalue weighted by molar-refractivity contribution is 0.155. The van der Waals surface area contributed by atoms with Gasteiger partial charge in [-0.1, -0.05) is 25.0 Å². The third kappa shape index (κ3) is 4.99. The molecule has 0 aromatic carbocycles. The average molecular weight is 155 g/mol. The molecule has 0 amide bonds. The van der Waals surface area contributed by atoms with Crippen LogP contribution in [0.25, 0.3) is 0 Å². The lowest BCUT2D eigenvalue weighted by atomic mass is 10.3. The highest BCUT2D eigenvalue weighted by Crippen LogP contribution is 2.31. The van der Waals surface area contributed by atoms with Crippen LogP contribution >= 0.6 is 0 Å². The van der Waals surface area contributed by atoms with Crippen molar-refractivity contribution >= 4 is 0 Å². The Kier molecular flexibility index (Phi) is 4.24. The third-order valence-electron chi connectivity index (χ3n) is 1.88. The average Bonchev–Trinajstić information content (AvgIpc) is 2.80. The second kappa shape index (κ2) is 5.33. The summed E-state index contributed by atoms with van der Waals surface area (Å²) in [5, 5.41) is 0. The Bertz CT molecular complexity index is 119. The first-order chi connectivity index (χ1) is 5.43. The van der Waals surface area contributed by atoms with Gasteiger partial charge in [0.2, 0.25) is 0 Å². The zero-order valence-electron chi connectivity index (χ0n) is 6.96. The first-order valence-electron chi connectivity index (χ1n) is 4.36. The minimum atomic E-state index is 0.617. The molecule has 2 N–H and O–H groups in total. The fourth-order valence-corrected chi connectivity index (χ4v) is 0.972. The number of hydrogen-bond acceptors (Lipinski definition) is 2. The van der Waals surface area contributed by atoms with E-state index < -0.39 is 0 Å². The highest BCUT2D eigenvalue weighted by Gasteiger charge is 2.20. The molecule has 0 radical (unpaired) electrons. The van der Waals surface area contributed by atoms with E-state index in [1.165, 1.54) is 19.3 Å². The van der Waals surface area contributed by atoms with E-state index in [1.807, 2.05) is 12.2 Å². The summed E-state index contributed by atoms with van der Waals surface area (Å²) in [5.41, 5.74) is 5.26. The first kappa shape index (κ1) is 8.75. The Hall–Kier alpha value is -0.340. The summed E-state index contributed by atoms with van der Waals surface area (Å²) in [6, 6.07) is 0. The quantitative estimate of drug-likeness (QED) is 0.464. The number of ether oxygens (including phenoxy) is 1. The van der Waals surface area contributed by atoms with Crippen LogP contribution in [-0.2, 0) is 4.74 Å². The molecule has 2 nitrogen and oxygen atoms in total. The van der Waals surface area contributed by atoms with Crippen molar-refractivity contribution in [2.24, 2.45) is 11.7 Å². The van der Waals surface area contributed by atoms with Gasteiger partial charge in [-0.05, 0) is 12.3 Å². The Labute approximate surface area is 68.4 Å². The highest BCUT2D eigenvalue weighted by atomic mass is 16.5. The predicted octanol–water partition coefficient (Wildman–Crippen LogP) is 1.32. The van der Waals surface area contributed by atoms with Gasteiger partial charge in [-0.25, -0.2) is 0 Å². The molecule has 1 saturated carbocycles. The van der Waals surface area contributed by atoms with E-state index in [0.29, 0.717) is 6.54 Å². The maximum atomic E-state index is 5.34. The van der Waals surface area contributed by atoms with E-state index in [-0.39, 0.29) is 0 Å². The van der Waals surface area contributed by atoms with Gasteiger partial charge < -0.3 is 10.5 Å². The highest BCUT2D eigenvalue weighted by molar-refractivity contribution is 4.82. The Balaban J connectivity index is 1.76. The SMILES string of the molecule is NC/C=C/COCCC1CC1. The Morgan fingerprint density at radius 3 is 2.82 bits per heavy atom. The minimum Gasteiger partial charge on any atom is -0.377 e. The lowest BCUT2D eigenvalue weighted by Crippen LogP contribution is -1.97. The van der Waals surface area contributed by atoms with Crippen LogP contribution in [-0.4, -0.2) is 19.8 Å². The molecule has 1 aliphatic carbocycles. The van der Waals surface area contributed by atoms with Crippen LogP contribution in [0.2, 0.25) is 0 Å². The smallest absolute Gasteiger partial charge is 0.0647 e. The predicted molar refractivity (Wildman–Crippen MR) is 46.4 cm³/mol. The molecule has 0 aromatic rings. The number of hydrogen-bond donors (Lipinski definition) is 1. The molecule has 1 fully saturated rings. The maximum absolute atomic E-state index is 5.34.